The van der Waals surface area contributed by atoms with Gasteiger partial charge in [-0.3, -0.25) is 9.59 Å². The van der Waals surface area contributed by atoms with E-state index >= 15 is 0 Å². The maximum absolute atomic E-state index is 12.6. The lowest BCUT2D eigenvalue weighted by Gasteiger charge is -2.25. The van der Waals surface area contributed by atoms with E-state index < -0.39 is 0 Å². The van der Waals surface area contributed by atoms with Crippen molar-refractivity contribution in [1.29, 1.82) is 0 Å². The Hall–Kier alpha value is -3.80. The third-order valence-electron chi connectivity index (χ3n) is 5.84. The van der Waals surface area contributed by atoms with Gasteiger partial charge in [-0.2, -0.15) is 0 Å². The van der Waals surface area contributed by atoms with E-state index in [-0.39, 0.29) is 18.4 Å². The van der Waals surface area contributed by atoms with Crippen LogP contribution in [0.4, 0.5) is 5.69 Å². The highest BCUT2D eigenvalue weighted by molar-refractivity contribution is 5.94. The molecular formula is C27H28N2O4. The summed E-state index contributed by atoms with van der Waals surface area (Å²) in [4.78, 5) is 24.7. The summed E-state index contributed by atoms with van der Waals surface area (Å²) in [5.41, 5.74) is 3.93. The molecule has 0 bridgehead atoms. The summed E-state index contributed by atoms with van der Waals surface area (Å²) >= 11 is 0. The highest BCUT2D eigenvalue weighted by Crippen LogP contribution is 2.30. The molecule has 33 heavy (non-hydrogen) atoms. The smallest absolute Gasteiger partial charge is 0.262 e. The first-order valence-electron chi connectivity index (χ1n) is 11.1. The molecule has 1 aliphatic carbocycles. The summed E-state index contributed by atoms with van der Waals surface area (Å²) in [5, 5.41) is 5.83. The molecular weight excluding hydrogens is 416 g/mol. The first-order chi connectivity index (χ1) is 16.1. The summed E-state index contributed by atoms with van der Waals surface area (Å²) < 4.78 is 10.7. The van der Waals surface area contributed by atoms with Crippen LogP contribution >= 0.6 is 0 Å². The van der Waals surface area contributed by atoms with Crippen molar-refractivity contribution in [3.63, 3.8) is 0 Å². The van der Waals surface area contributed by atoms with Gasteiger partial charge in [0, 0.05) is 29.8 Å². The summed E-state index contributed by atoms with van der Waals surface area (Å²) in [6, 6.07) is 22.4. The molecule has 0 fully saturated rings. The molecule has 3 aromatic rings. The van der Waals surface area contributed by atoms with Gasteiger partial charge in [-0.05, 0) is 66.8 Å². The van der Waals surface area contributed by atoms with Crippen LogP contribution in [0.2, 0.25) is 0 Å². The highest BCUT2D eigenvalue weighted by atomic mass is 16.5. The lowest BCUT2D eigenvalue weighted by molar-refractivity contribution is -0.118. The number of ether oxygens (including phenoxy) is 2. The predicted octanol–water partition coefficient (Wildman–Crippen LogP) is 4.56. The van der Waals surface area contributed by atoms with E-state index in [0.29, 0.717) is 35.2 Å². The van der Waals surface area contributed by atoms with Gasteiger partial charge in [0.2, 0.25) is 0 Å². The van der Waals surface area contributed by atoms with Gasteiger partial charge < -0.3 is 20.1 Å². The Kier molecular flexibility index (Phi) is 7.25. The van der Waals surface area contributed by atoms with E-state index in [9.17, 15) is 9.59 Å². The topological polar surface area (TPSA) is 76.7 Å². The first kappa shape index (κ1) is 22.4. The summed E-state index contributed by atoms with van der Waals surface area (Å²) in [6.45, 7) is 0.488. The van der Waals surface area contributed by atoms with E-state index in [1.165, 1.54) is 11.1 Å². The van der Waals surface area contributed by atoms with Crippen molar-refractivity contribution in [3.8, 4) is 11.5 Å². The average molecular weight is 445 g/mol. The molecule has 0 saturated carbocycles. The minimum absolute atomic E-state index is 0.111. The summed E-state index contributed by atoms with van der Waals surface area (Å²) in [7, 11) is 1.57. The van der Waals surface area contributed by atoms with Crippen LogP contribution in [-0.2, 0) is 11.2 Å². The van der Waals surface area contributed by atoms with Crippen molar-refractivity contribution in [2.75, 3.05) is 25.6 Å². The number of benzene rings is 3. The number of amides is 2. The van der Waals surface area contributed by atoms with Crippen LogP contribution in [0.15, 0.2) is 72.8 Å². The van der Waals surface area contributed by atoms with Gasteiger partial charge in [0.15, 0.2) is 6.61 Å². The quantitative estimate of drug-likeness (QED) is 0.534. The molecule has 0 spiro atoms. The fourth-order valence-corrected chi connectivity index (χ4v) is 4.13. The van der Waals surface area contributed by atoms with Crippen LogP contribution in [0, 0.1) is 0 Å². The number of carbonyl (C=O) groups is 2. The fraction of sp³-hybridized carbons (Fsp3) is 0.259. The Morgan fingerprint density at radius 2 is 1.79 bits per heavy atom. The van der Waals surface area contributed by atoms with Crippen LogP contribution in [0.3, 0.4) is 0 Å². The molecule has 6 nitrogen and oxygen atoms in total. The van der Waals surface area contributed by atoms with E-state index in [1.807, 2.05) is 0 Å². The van der Waals surface area contributed by atoms with Crippen molar-refractivity contribution < 1.29 is 19.1 Å². The zero-order valence-corrected chi connectivity index (χ0v) is 18.7. The maximum atomic E-state index is 12.6. The molecule has 2 N–H and O–H groups in total. The van der Waals surface area contributed by atoms with Crippen molar-refractivity contribution in [2.45, 2.75) is 25.2 Å². The zero-order chi connectivity index (χ0) is 23.0. The lowest BCUT2D eigenvalue weighted by atomic mass is 9.83. The zero-order valence-electron chi connectivity index (χ0n) is 18.7. The number of fused-ring (bicyclic) bond motifs is 1. The van der Waals surface area contributed by atoms with Gasteiger partial charge in [-0.15, -0.1) is 0 Å². The molecule has 0 saturated heterocycles. The van der Waals surface area contributed by atoms with Crippen LogP contribution in [0.1, 0.15) is 40.2 Å². The normalized spacial score (nSPS) is 14.6. The van der Waals surface area contributed by atoms with E-state index in [4.69, 9.17) is 9.47 Å². The van der Waals surface area contributed by atoms with Gasteiger partial charge in [0.05, 0.1) is 7.11 Å². The van der Waals surface area contributed by atoms with Crippen molar-refractivity contribution in [3.05, 3.63) is 89.5 Å². The SMILES string of the molecule is COc1cccc(NC(=O)COc2ccc(C(=O)NCC3CCCc4ccccc43)cc2)c1. The monoisotopic (exact) mass is 444 g/mol. The molecule has 0 radical (unpaired) electrons. The summed E-state index contributed by atoms with van der Waals surface area (Å²) in [6.07, 6.45) is 3.34. The number of nitrogens with one attached hydrogen (secondary N) is 2. The molecule has 1 atom stereocenters. The van der Waals surface area contributed by atoms with Crippen LogP contribution in [0.5, 0.6) is 11.5 Å². The first-order valence-corrected chi connectivity index (χ1v) is 11.1. The average Bonchev–Trinajstić information content (AvgIpc) is 2.86. The molecule has 170 valence electrons. The predicted molar refractivity (Wildman–Crippen MR) is 128 cm³/mol. The van der Waals surface area contributed by atoms with Gasteiger partial charge in [0.1, 0.15) is 11.5 Å². The second kappa shape index (κ2) is 10.7. The lowest BCUT2D eigenvalue weighted by Crippen LogP contribution is -2.29. The molecule has 6 heteroatoms. The second-order valence-electron chi connectivity index (χ2n) is 8.09. The van der Waals surface area contributed by atoms with Gasteiger partial charge in [0.25, 0.3) is 11.8 Å². The Balaban J connectivity index is 1.26. The number of hydrogen-bond donors (Lipinski definition) is 2. The molecule has 2 amide bonds. The second-order valence-corrected chi connectivity index (χ2v) is 8.09. The van der Waals surface area contributed by atoms with E-state index in [0.717, 1.165) is 19.3 Å². The minimum atomic E-state index is -0.280. The molecule has 1 aliphatic rings. The van der Waals surface area contributed by atoms with Crippen molar-refractivity contribution in [1.82, 2.24) is 5.32 Å². The van der Waals surface area contributed by atoms with Crippen molar-refractivity contribution in [2.24, 2.45) is 0 Å². The number of carbonyl (C=O) groups excluding carboxylic acids is 2. The third-order valence-corrected chi connectivity index (χ3v) is 5.84. The minimum Gasteiger partial charge on any atom is -0.497 e. The molecule has 0 heterocycles. The fourth-order valence-electron chi connectivity index (χ4n) is 4.13. The number of anilines is 1. The van der Waals surface area contributed by atoms with E-state index in [2.05, 4.69) is 34.9 Å². The Morgan fingerprint density at radius 1 is 0.970 bits per heavy atom. The largest absolute Gasteiger partial charge is 0.497 e. The molecule has 0 aliphatic heterocycles. The Morgan fingerprint density at radius 3 is 2.61 bits per heavy atom. The molecule has 3 aromatic carbocycles. The van der Waals surface area contributed by atoms with Gasteiger partial charge >= 0.3 is 0 Å². The number of rotatable bonds is 8. The van der Waals surface area contributed by atoms with Crippen LogP contribution in [0.25, 0.3) is 0 Å². The van der Waals surface area contributed by atoms with Gasteiger partial charge in [-0.25, -0.2) is 0 Å². The third kappa shape index (κ3) is 5.92. The maximum Gasteiger partial charge on any atom is 0.262 e. The molecule has 1 unspecified atom stereocenters. The van der Waals surface area contributed by atoms with Gasteiger partial charge in [-0.1, -0.05) is 30.3 Å². The standard InChI is InChI=1S/C27H28N2O4/c1-32-24-10-5-9-22(16-24)29-26(30)18-33-23-14-12-20(13-15-23)27(31)28-17-21-8-4-7-19-6-2-3-11-25(19)21/h2-3,5-6,9-16,21H,4,7-8,17-18H2,1H3,(H,28,31)(H,29,30). The van der Waals surface area contributed by atoms with Crippen LogP contribution < -0.4 is 20.1 Å². The highest BCUT2D eigenvalue weighted by Gasteiger charge is 2.20. The Bertz CT molecular complexity index is 1110. The number of methoxy groups -OCH3 is 1. The van der Waals surface area contributed by atoms with E-state index in [1.54, 1.807) is 55.6 Å². The summed E-state index contributed by atoms with van der Waals surface area (Å²) in [5.74, 6) is 1.15. The molecule has 4 rings (SSSR count). The molecule has 0 aromatic heterocycles. The van der Waals surface area contributed by atoms with Crippen LogP contribution in [-0.4, -0.2) is 32.1 Å². The van der Waals surface area contributed by atoms with Crippen molar-refractivity contribution >= 4 is 17.5 Å². The number of hydrogen-bond acceptors (Lipinski definition) is 4. The Labute approximate surface area is 193 Å². The number of aryl methyl sites for hydroxylation is 1.